The van der Waals surface area contributed by atoms with E-state index in [1.807, 2.05) is 11.3 Å². The number of nitrogens with zero attached hydrogens (tertiary/aromatic N) is 2. The molecule has 0 aliphatic carbocycles. The molecule has 2 aliphatic heterocycles. The van der Waals surface area contributed by atoms with Gasteiger partial charge in [0.05, 0.1) is 11.0 Å². The minimum absolute atomic E-state index is 0.0101. The molecule has 2 nitrogen and oxygen atoms in total. The van der Waals surface area contributed by atoms with E-state index in [-0.39, 0.29) is 6.85 Å². The van der Waals surface area contributed by atoms with Gasteiger partial charge in [0.25, 0.3) is 0 Å². The molecule has 0 unspecified atom stereocenters. The topological polar surface area (TPSA) is 8.17 Å². The van der Waals surface area contributed by atoms with E-state index in [0.717, 1.165) is 0 Å². The zero-order valence-electron chi connectivity index (χ0n) is 27.0. The molecule has 0 amide bonds. The third kappa shape index (κ3) is 3.34. The van der Waals surface area contributed by atoms with Gasteiger partial charge in [0.2, 0.25) is 0 Å². The van der Waals surface area contributed by atoms with E-state index in [0.29, 0.717) is 0 Å². The molecule has 10 aromatic rings. The Labute approximate surface area is 293 Å². The minimum Gasteiger partial charge on any atom is -0.376 e. The normalized spacial score (nSPS) is 13.1. The van der Waals surface area contributed by atoms with E-state index in [1.54, 1.807) is 0 Å². The van der Waals surface area contributed by atoms with Crippen molar-refractivity contribution >= 4 is 93.2 Å². The maximum absolute atomic E-state index is 2.59. The van der Waals surface area contributed by atoms with Gasteiger partial charge in [0.1, 0.15) is 0 Å². The Morgan fingerprint density at radius 3 is 2.10 bits per heavy atom. The Kier molecular flexibility index (Phi) is 5.23. The molecule has 0 saturated heterocycles. The summed E-state index contributed by atoms with van der Waals surface area (Å²) in [4.78, 5) is 2.59. The lowest BCUT2D eigenvalue weighted by atomic mass is 9.44. The quantitative estimate of drug-likeness (QED) is 0.169. The third-order valence-corrected chi connectivity index (χ3v) is 12.3. The van der Waals surface area contributed by atoms with Crippen molar-refractivity contribution in [1.82, 2.24) is 4.57 Å². The second kappa shape index (κ2) is 9.75. The molecule has 0 atom stereocenters. The van der Waals surface area contributed by atoms with Gasteiger partial charge in [-0.15, -0.1) is 11.3 Å². The Hall–Kier alpha value is -6.10. The van der Waals surface area contributed by atoms with Crippen LogP contribution < -0.4 is 15.7 Å². The number of benzene rings is 8. The highest BCUT2D eigenvalue weighted by Gasteiger charge is 2.44. The fourth-order valence-electron chi connectivity index (χ4n) is 9.23. The van der Waals surface area contributed by atoms with Crippen LogP contribution in [0, 0.1) is 0 Å². The number of fused-ring (bicyclic) bond motifs is 13. The molecule has 0 saturated carbocycles. The first kappa shape index (κ1) is 26.8. The van der Waals surface area contributed by atoms with Crippen molar-refractivity contribution in [3.63, 3.8) is 0 Å². The van der Waals surface area contributed by atoms with Gasteiger partial charge in [0.15, 0.2) is 0 Å². The number of para-hydroxylation sites is 3. The standard InChI is InChI=1S/C46H27BN2S/c1-2-14-29(15-3-1)49-37-21-9-6-17-31(37)35-27-34(32-19-12-24-41-42(32)33-18-7-11-23-40(33)50-41)44-43-30-16-5-4-13-28(30)25-26-39(43)48-38-22-10-8-20-36(38)47(49)45(35)46(44)48/h1-27H. The zero-order chi connectivity index (χ0) is 32.5. The van der Waals surface area contributed by atoms with Crippen LogP contribution in [0.1, 0.15) is 0 Å². The summed E-state index contributed by atoms with van der Waals surface area (Å²) in [5.74, 6) is 0. The number of thiophene rings is 1. The molecule has 50 heavy (non-hydrogen) atoms. The fourth-order valence-corrected chi connectivity index (χ4v) is 10.4. The monoisotopic (exact) mass is 650 g/mol. The predicted molar refractivity (Wildman–Crippen MR) is 216 cm³/mol. The Morgan fingerprint density at radius 1 is 0.460 bits per heavy atom. The van der Waals surface area contributed by atoms with Crippen molar-refractivity contribution in [2.24, 2.45) is 0 Å². The average molecular weight is 651 g/mol. The summed E-state index contributed by atoms with van der Waals surface area (Å²) in [6.45, 7) is 0.0101. The molecule has 2 aromatic heterocycles. The second-order valence-electron chi connectivity index (χ2n) is 13.6. The molecule has 230 valence electrons. The zero-order valence-corrected chi connectivity index (χ0v) is 27.8. The Bertz CT molecular complexity index is 3060. The molecule has 12 rings (SSSR count). The molecule has 2 aliphatic rings. The van der Waals surface area contributed by atoms with Gasteiger partial charge in [0, 0.05) is 53.6 Å². The summed E-state index contributed by atoms with van der Waals surface area (Å²) in [5, 5.41) is 7.90. The molecule has 4 heteroatoms. The predicted octanol–water partition coefficient (Wildman–Crippen LogP) is 11.2. The summed E-state index contributed by atoms with van der Waals surface area (Å²) >= 11 is 1.89. The lowest BCUT2D eigenvalue weighted by molar-refractivity contribution is 1.18. The van der Waals surface area contributed by atoms with Gasteiger partial charge in [-0.3, -0.25) is 0 Å². The summed E-state index contributed by atoms with van der Waals surface area (Å²) in [5.41, 5.74) is 14.2. The number of hydrogen-bond donors (Lipinski definition) is 0. The third-order valence-electron chi connectivity index (χ3n) is 11.1. The van der Waals surface area contributed by atoms with Crippen molar-refractivity contribution in [2.75, 3.05) is 4.81 Å². The first-order valence-corrected chi connectivity index (χ1v) is 18.1. The lowest BCUT2D eigenvalue weighted by Gasteiger charge is -2.42. The summed E-state index contributed by atoms with van der Waals surface area (Å²) in [6, 6.07) is 61.0. The summed E-state index contributed by atoms with van der Waals surface area (Å²) in [7, 11) is 0. The van der Waals surface area contributed by atoms with Crippen LogP contribution in [0.15, 0.2) is 164 Å². The van der Waals surface area contributed by atoms with Crippen LogP contribution in [0.2, 0.25) is 0 Å². The highest BCUT2D eigenvalue weighted by Crippen LogP contribution is 2.50. The lowest BCUT2D eigenvalue weighted by Crippen LogP contribution is -2.60. The first-order chi connectivity index (χ1) is 24.8. The Balaban J connectivity index is 1.36. The molecule has 0 fully saturated rings. The van der Waals surface area contributed by atoms with Crippen LogP contribution in [-0.2, 0) is 0 Å². The van der Waals surface area contributed by atoms with Gasteiger partial charge >= 0.3 is 6.85 Å². The van der Waals surface area contributed by atoms with E-state index in [2.05, 4.69) is 173 Å². The van der Waals surface area contributed by atoms with Crippen LogP contribution in [0.25, 0.3) is 80.7 Å². The van der Waals surface area contributed by atoms with Crippen molar-refractivity contribution < 1.29 is 0 Å². The minimum atomic E-state index is 0.0101. The average Bonchev–Trinajstić information content (AvgIpc) is 3.74. The van der Waals surface area contributed by atoms with Crippen molar-refractivity contribution in [3.8, 4) is 27.9 Å². The molecule has 8 aromatic carbocycles. The van der Waals surface area contributed by atoms with Crippen LogP contribution in [-0.4, -0.2) is 11.4 Å². The number of rotatable bonds is 2. The van der Waals surface area contributed by atoms with Gasteiger partial charge < -0.3 is 9.38 Å². The summed E-state index contributed by atoms with van der Waals surface area (Å²) < 4.78 is 5.25. The molecule has 0 spiro atoms. The molecule has 0 N–H and O–H groups in total. The molecule has 0 radical (unpaired) electrons. The van der Waals surface area contributed by atoms with Crippen molar-refractivity contribution in [3.05, 3.63) is 164 Å². The molecule has 4 heterocycles. The van der Waals surface area contributed by atoms with Gasteiger partial charge in [-0.1, -0.05) is 115 Å². The molecular formula is C46H27BN2S. The van der Waals surface area contributed by atoms with Crippen molar-refractivity contribution in [1.29, 1.82) is 0 Å². The van der Waals surface area contributed by atoms with E-state index in [1.165, 1.54) is 103 Å². The number of hydrogen-bond acceptors (Lipinski definition) is 2. The van der Waals surface area contributed by atoms with E-state index in [9.17, 15) is 0 Å². The molecule has 0 bridgehead atoms. The SMILES string of the molecule is c1ccc(N2B3c4ccccc4-n4c5ccc6ccccc6c5c5c(-c6cccc7sc8ccccc8c67)cc(c3c54)-c3ccccc32)cc1. The van der Waals surface area contributed by atoms with Gasteiger partial charge in [-0.2, -0.15) is 0 Å². The maximum atomic E-state index is 2.59. The highest BCUT2D eigenvalue weighted by atomic mass is 32.1. The molecular weight excluding hydrogens is 623 g/mol. The fraction of sp³-hybridized carbons (Fsp3) is 0. The van der Waals surface area contributed by atoms with Crippen LogP contribution in [0.3, 0.4) is 0 Å². The van der Waals surface area contributed by atoms with Crippen LogP contribution >= 0.6 is 11.3 Å². The van der Waals surface area contributed by atoms with E-state index in [4.69, 9.17) is 0 Å². The van der Waals surface area contributed by atoms with Gasteiger partial charge in [-0.05, 0) is 86.9 Å². The van der Waals surface area contributed by atoms with Crippen LogP contribution in [0.5, 0.6) is 0 Å². The van der Waals surface area contributed by atoms with E-state index >= 15 is 0 Å². The maximum Gasteiger partial charge on any atom is 0.333 e. The van der Waals surface area contributed by atoms with Crippen molar-refractivity contribution in [2.45, 2.75) is 0 Å². The summed E-state index contributed by atoms with van der Waals surface area (Å²) in [6.07, 6.45) is 0. The Morgan fingerprint density at radius 2 is 1.18 bits per heavy atom. The number of anilines is 2. The van der Waals surface area contributed by atoms with E-state index < -0.39 is 0 Å². The first-order valence-electron chi connectivity index (χ1n) is 17.3. The number of aromatic nitrogens is 1. The largest absolute Gasteiger partial charge is 0.376 e. The van der Waals surface area contributed by atoms with Crippen LogP contribution in [0.4, 0.5) is 11.4 Å². The highest BCUT2D eigenvalue weighted by molar-refractivity contribution is 7.26. The van der Waals surface area contributed by atoms with Gasteiger partial charge in [-0.25, -0.2) is 0 Å². The second-order valence-corrected chi connectivity index (χ2v) is 14.7. The smallest absolute Gasteiger partial charge is 0.333 e.